The fraction of sp³-hybridized carbons (Fsp3) is 0.190. The summed E-state index contributed by atoms with van der Waals surface area (Å²) >= 11 is 6.14. The molecule has 0 fully saturated rings. The molecule has 148 valence electrons. The minimum absolute atomic E-state index is 0.102. The van der Waals surface area contributed by atoms with Gasteiger partial charge in [-0.15, -0.1) is 0 Å². The van der Waals surface area contributed by atoms with E-state index in [2.05, 4.69) is 10.1 Å². The highest BCUT2D eigenvalue weighted by molar-refractivity contribution is 6.33. The van der Waals surface area contributed by atoms with E-state index in [1.54, 1.807) is 18.2 Å². The Balaban J connectivity index is 1.51. The van der Waals surface area contributed by atoms with Crippen molar-refractivity contribution < 1.29 is 23.2 Å². The zero-order valence-corrected chi connectivity index (χ0v) is 16.3. The van der Waals surface area contributed by atoms with Gasteiger partial charge < -0.3 is 18.4 Å². The van der Waals surface area contributed by atoms with Crippen LogP contribution < -0.4 is 0 Å². The first-order chi connectivity index (χ1) is 14.2. The number of hydrogen-bond donors (Lipinski definition) is 0. The van der Waals surface area contributed by atoms with Gasteiger partial charge in [0, 0.05) is 23.1 Å². The molecule has 0 unspecified atom stereocenters. The monoisotopic (exact) mass is 412 g/mol. The first kappa shape index (κ1) is 19.2. The van der Waals surface area contributed by atoms with Crippen LogP contribution in [0.15, 0.2) is 57.5 Å². The molecule has 0 aliphatic rings. The van der Waals surface area contributed by atoms with Crippen LogP contribution in [0.5, 0.6) is 0 Å². The number of para-hydroxylation sites is 1. The number of hydrogen-bond acceptors (Lipinski definition) is 7. The number of furan rings is 1. The first-order valence-electron chi connectivity index (χ1n) is 9.00. The topological polar surface area (TPSA) is 87.6 Å². The highest BCUT2D eigenvalue weighted by Crippen LogP contribution is 2.28. The number of halogens is 1. The molecule has 2 aromatic heterocycles. The summed E-state index contributed by atoms with van der Waals surface area (Å²) in [4.78, 5) is 16.8. The van der Waals surface area contributed by atoms with Gasteiger partial charge in [-0.25, -0.2) is 4.79 Å². The van der Waals surface area contributed by atoms with Crippen molar-refractivity contribution in [3.8, 4) is 11.4 Å². The lowest BCUT2D eigenvalue weighted by Crippen LogP contribution is -2.08. The van der Waals surface area contributed by atoms with Crippen molar-refractivity contribution in [2.45, 2.75) is 20.1 Å². The average molecular weight is 413 g/mol. The van der Waals surface area contributed by atoms with E-state index in [4.69, 9.17) is 30.0 Å². The molecule has 0 spiro atoms. The third-order valence-corrected chi connectivity index (χ3v) is 4.57. The lowest BCUT2D eigenvalue weighted by atomic mass is 10.1. The Labute approximate surface area is 171 Å². The number of benzene rings is 2. The predicted octanol–water partition coefficient (Wildman–Crippen LogP) is 5.03. The number of carbonyl (C=O) groups excluding carboxylic acids is 1. The summed E-state index contributed by atoms with van der Waals surface area (Å²) in [6.07, 6.45) is 0. The van der Waals surface area contributed by atoms with E-state index in [0.29, 0.717) is 34.2 Å². The Morgan fingerprint density at radius 2 is 1.90 bits per heavy atom. The second-order valence-corrected chi connectivity index (χ2v) is 6.52. The average Bonchev–Trinajstić information content (AvgIpc) is 3.35. The zero-order valence-electron chi connectivity index (χ0n) is 15.6. The number of nitrogens with zero attached hydrogens (tertiary/aromatic N) is 2. The molecule has 8 heteroatoms. The standard InChI is InChI=1S/C21H17ClN2O5/c1-2-26-11-15-13-7-4-6-10-17(13)28-19(15)21(25)27-12-18-23-20(24-29-18)14-8-3-5-9-16(14)22/h3-10H,2,11-12H2,1H3. The van der Waals surface area contributed by atoms with E-state index in [9.17, 15) is 4.79 Å². The maximum Gasteiger partial charge on any atom is 0.375 e. The molecular formula is C21H17ClN2O5. The van der Waals surface area contributed by atoms with Gasteiger partial charge in [0.2, 0.25) is 11.6 Å². The molecule has 4 rings (SSSR count). The van der Waals surface area contributed by atoms with Crippen LogP contribution in [0.4, 0.5) is 0 Å². The number of ether oxygens (including phenoxy) is 2. The van der Waals surface area contributed by atoms with Gasteiger partial charge in [-0.05, 0) is 25.1 Å². The molecule has 0 N–H and O–H groups in total. The Bertz CT molecular complexity index is 1150. The van der Waals surface area contributed by atoms with E-state index in [0.717, 1.165) is 5.39 Å². The summed E-state index contributed by atoms with van der Waals surface area (Å²) in [5.74, 6) is -0.0583. The molecule has 0 atom stereocenters. The Morgan fingerprint density at radius 1 is 1.10 bits per heavy atom. The van der Waals surface area contributed by atoms with E-state index in [1.165, 1.54) is 0 Å². The molecule has 0 aliphatic heterocycles. The summed E-state index contributed by atoms with van der Waals surface area (Å²) in [5, 5.41) is 5.20. The Morgan fingerprint density at radius 3 is 2.72 bits per heavy atom. The van der Waals surface area contributed by atoms with E-state index in [1.807, 2.05) is 37.3 Å². The van der Waals surface area contributed by atoms with Gasteiger partial charge in [0.05, 0.1) is 11.6 Å². The van der Waals surface area contributed by atoms with Crippen LogP contribution in [0.25, 0.3) is 22.4 Å². The number of rotatable bonds is 7. The largest absolute Gasteiger partial charge is 0.450 e. The molecular weight excluding hydrogens is 396 g/mol. The molecule has 7 nitrogen and oxygen atoms in total. The summed E-state index contributed by atoms with van der Waals surface area (Å²) < 4.78 is 21.7. The molecule has 2 aromatic carbocycles. The zero-order chi connectivity index (χ0) is 20.2. The first-order valence-corrected chi connectivity index (χ1v) is 9.38. The molecule has 2 heterocycles. The maximum absolute atomic E-state index is 12.6. The Hall–Kier alpha value is -3.16. The van der Waals surface area contributed by atoms with E-state index < -0.39 is 5.97 Å². The van der Waals surface area contributed by atoms with Crippen LogP contribution in [0.2, 0.25) is 5.02 Å². The molecule has 0 saturated heterocycles. The summed E-state index contributed by atoms with van der Waals surface area (Å²) in [5.41, 5.74) is 1.87. The number of fused-ring (bicyclic) bond motifs is 1. The van der Waals surface area contributed by atoms with Crippen LogP contribution >= 0.6 is 11.6 Å². The fourth-order valence-electron chi connectivity index (χ4n) is 2.87. The second kappa shape index (κ2) is 8.46. The predicted molar refractivity (Wildman–Crippen MR) is 105 cm³/mol. The second-order valence-electron chi connectivity index (χ2n) is 6.11. The Kier molecular flexibility index (Phi) is 5.59. The van der Waals surface area contributed by atoms with Gasteiger partial charge in [0.1, 0.15) is 5.58 Å². The van der Waals surface area contributed by atoms with Gasteiger partial charge in [-0.2, -0.15) is 4.98 Å². The molecule has 29 heavy (non-hydrogen) atoms. The van der Waals surface area contributed by atoms with Crippen LogP contribution in [-0.2, 0) is 22.7 Å². The highest BCUT2D eigenvalue weighted by Gasteiger charge is 2.23. The summed E-state index contributed by atoms with van der Waals surface area (Å²) in [6.45, 7) is 2.45. The van der Waals surface area contributed by atoms with Crippen LogP contribution in [0, 0.1) is 0 Å². The van der Waals surface area contributed by atoms with Crippen molar-refractivity contribution in [2.24, 2.45) is 0 Å². The summed E-state index contributed by atoms with van der Waals surface area (Å²) in [6, 6.07) is 14.5. The van der Waals surface area contributed by atoms with Crippen molar-refractivity contribution in [3.05, 3.63) is 70.8 Å². The van der Waals surface area contributed by atoms with Gasteiger partial charge >= 0.3 is 5.97 Å². The van der Waals surface area contributed by atoms with E-state index in [-0.39, 0.29) is 24.9 Å². The van der Waals surface area contributed by atoms with Gasteiger partial charge in [0.25, 0.3) is 5.89 Å². The third kappa shape index (κ3) is 4.01. The molecule has 0 bridgehead atoms. The van der Waals surface area contributed by atoms with Crippen molar-refractivity contribution in [1.82, 2.24) is 10.1 Å². The van der Waals surface area contributed by atoms with Crippen molar-refractivity contribution in [3.63, 3.8) is 0 Å². The minimum atomic E-state index is -0.631. The molecule has 0 amide bonds. The summed E-state index contributed by atoms with van der Waals surface area (Å²) in [7, 11) is 0. The van der Waals surface area contributed by atoms with Crippen molar-refractivity contribution in [2.75, 3.05) is 6.61 Å². The van der Waals surface area contributed by atoms with Crippen molar-refractivity contribution in [1.29, 1.82) is 0 Å². The van der Waals surface area contributed by atoms with Crippen LogP contribution in [-0.4, -0.2) is 22.7 Å². The van der Waals surface area contributed by atoms with Crippen molar-refractivity contribution >= 4 is 28.5 Å². The molecule has 0 radical (unpaired) electrons. The molecule has 0 aliphatic carbocycles. The van der Waals surface area contributed by atoms with Crippen LogP contribution in [0.3, 0.4) is 0 Å². The van der Waals surface area contributed by atoms with Gasteiger partial charge in [-0.3, -0.25) is 0 Å². The van der Waals surface area contributed by atoms with Gasteiger partial charge in [0.15, 0.2) is 6.61 Å². The quantitative estimate of drug-likeness (QED) is 0.393. The maximum atomic E-state index is 12.6. The van der Waals surface area contributed by atoms with E-state index >= 15 is 0 Å². The lowest BCUT2D eigenvalue weighted by Gasteiger charge is -2.03. The van der Waals surface area contributed by atoms with Gasteiger partial charge in [-0.1, -0.05) is 47.1 Å². The number of carbonyl (C=O) groups is 1. The lowest BCUT2D eigenvalue weighted by molar-refractivity contribution is 0.0388. The fourth-order valence-corrected chi connectivity index (χ4v) is 3.09. The number of aromatic nitrogens is 2. The molecule has 4 aromatic rings. The third-order valence-electron chi connectivity index (χ3n) is 4.24. The molecule has 0 saturated carbocycles. The smallest absolute Gasteiger partial charge is 0.375 e. The minimum Gasteiger partial charge on any atom is -0.450 e. The SMILES string of the molecule is CCOCc1c(C(=O)OCc2nc(-c3ccccc3Cl)no2)oc2ccccc12. The number of esters is 1. The van der Waals surface area contributed by atoms with Crippen LogP contribution in [0.1, 0.15) is 28.9 Å². The highest BCUT2D eigenvalue weighted by atomic mass is 35.5. The normalized spacial score (nSPS) is 11.1.